The Kier molecular flexibility index (Phi) is 5.24. The molecule has 0 spiro atoms. The zero-order valence-corrected chi connectivity index (χ0v) is 18.0. The van der Waals surface area contributed by atoms with Crippen LogP contribution in [-0.4, -0.2) is 67.1 Å². The average Bonchev–Trinajstić information content (AvgIpc) is 3.67. The van der Waals surface area contributed by atoms with Gasteiger partial charge in [-0.3, -0.25) is 4.79 Å². The molecule has 11 nitrogen and oxygen atoms in total. The standard InChI is InChI=1S/C23H21N7O4/c31-22(15-4-2-1-3-5-15)25-18-12-32-21-19(13-33-20(18)21)30-23(26-27-28-30)34-17-8-6-16(7-9-17)29-11-10-24-14-29/h1-11,14,18-21H,12-13H2,(H,25,31)/t18-,19-,20+,21+/m0/s1. The summed E-state index contributed by atoms with van der Waals surface area (Å²) in [6.07, 6.45) is 4.70. The number of fused-ring (bicyclic) bond motifs is 1. The van der Waals surface area contributed by atoms with Crippen LogP contribution in [0.5, 0.6) is 11.8 Å². The number of hydrogen-bond acceptors (Lipinski definition) is 8. The van der Waals surface area contributed by atoms with E-state index in [4.69, 9.17) is 14.2 Å². The summed E-state index contributed by atoms with van der Waals surface area (Å²) in [5, 5.41) is 15.0. The SMILES string of the molecule is O=C(N[C@H]1CO[C@H]2[C@@H]1OC[C@@H]2n1nnnc1Oc1ccc(-n2ccnc2)cc1)c1ccccc1. The van der Waals surface area contributed by atoms with Gasteiger partial charge in [0.1, 0.15) is 24.0 Å². The molecule has 4 heterocycles. The second-order valence-corrected chi connectivity index (χ2v) is 8.08. The third-order valence-corrected chi connectivity index (χ3v) is 6.00. The van der Waals surface area contributed by atoms with Crippen molar-refractivity contribution in [1.29, 1.82) is 0 Å². The quantitative estimate of drug-likeness (QED) is 0.464. The van der Waals surface area contributed by atoms with Gasteiger partial charge in [-0.2, -0.15) is 4.68 Å². The van der Waals surface area contributed by atoms with Gasteiger partial charge in [0.05, 0.1) is 25.6 Å². The van der Waals surface area contributed by atoms with E-state index in [1.165, 1.54) is 0 Å². The van der Waals surface area contributed by atoms with Crippen LogP contribution in [0.1, 0.15) is 16.4 Å². The van der Waals surface area contributed by atoms with Crippen molar-refractivity contribution in [2.45, 2.75) is 24.3 Å². The number of ether oxygens (including phenoxy) is 3. The third kappa shape index (κ3) is 3.80. The Morgan fingerprint density at radius 1 is 1.03 bits per heavy atom. The molecule has 11 heteroatoms. The van der Waals surface area contributed by atoms with Crippen molar-refractivity contribution in [3.05, 3.63) is 78.9 Å². The molecule has 0 bridgehead atoms. The van der Waals surface area contributed by atoms with Gasteiger partial charge in [0.25, 0.3) is 5.91 Å². The van der Waals surface area contributed by atoms with E-state index in [9.17, 15) is 4.79 Å². The number of rotatable bonds is 6. The highest BCUT2D eigenvalue weighted by molar-refractivity contribution is 5.94. The number of tetrazole rings is 1. The smallest absolute Gasteiger partial charge is 0.341 e. The molecule has 34 heavy (non-hydrogen) atoms. The number of carbonyl (C=O) groups excluding carboxylic acids is 1. The highest BCUT2D eigenvalue weighted by Crippen LogP contribution is 2.36. The van der Waals surface area contributed by atoms with E-state index in [2.05, 4.69) is 25.8 Å². The lowest BCUT2D eigenvalue weighted by Gasteiger charge is -2.18. The molecule has 0 unspecified atom stereocenters. The summed E-state index contributed by atoms with van der Waals surface area (Å²) in [6, 6.07) is 16.3. The van der Waals surface area contributed by atoms with Crippen molar-refractivity contribution in [2.24, 2.45) is 0 Å². The summed E-state index contributed by atoms with van der Waals surface area (Å²) < 4.78 is 21.4. The van der Waals surface area contributed by atoms with Crippen LogP contribution >= 0.6 is 0 Å². The normalized spacial score (nSPS) is 23.5. The first-order valence-electron chi connectivity index (χ1n) is 10.9. The van der Waals surface area contributed by atoms with Crippen molar-refractivity contribution >= 4 is 5.91 Å². The van der Waals surface area contributed by atoms with Crippen LogP contribution in [0, 0.1) is 0 Å². The maximum absolute atomic E-state index is 12.6. The lowest BCUT2D eigenvalue weighted by Crippen LogP contribution is -2.44. The molecule has 2 aliphatic heterocycles. The van der Waals surface area contributed by atoms with Gasteiger partial charge < -0.3 is 24.1 Å². The topological polar surface area (TPSA) is 118 Å². The van der Waals surface area contributed by atoms with Crippen molar-refractivity contribution in [1.82, 2.24) is 35.1 Å². The fraction of sp³-hybridized carbons (Fsp3) is 0.261. The van der Waals surface area contributed by atoms with E-state index in [1.807, 2.05) is 53.2 Å². The number of benzene rings is 2. The van der Waals surface area contributed by atoms with Gasteiger partial charge in [0.15, 0.2) is 0 Å². The fourth-order valence-electron chi connectivity index (χ4n) is 4.32. The van der Waals surface area contributed by atoms with E-state index in [-0.39, 0.29) is 36.2 Å². The highest BCUT2D eigenvalue weighted by Gasteiger charge is 2.50. The van der Waals surface area contributed by atoms with Gasteiger partial charge in [-0.05, 0) is 46.8 Å². The fourth-order valence-corrected chi connectivity index (χ4v) is 4.32. The summed E-state index contributed by atoms with van der Waals surface area (Å²) in [4.78, 5) is 16.6. The van der Waals surface area contributed by atoms with E-state index in [0.29, 0.717) is 24.5 Å². The molecular weight excluding hydrogens is 438 g/mol. The maximum Gasteiger partial charge on any atom is 0.341 e. The zero-order valence-electron chi connectivity index (χ0n) is 18.0. The predicted molar refractivity (Wildman–Crippen MR) is 118 cm³/mol. The number of hydrogen-bond donors (Lipinski definition) is 1. The molecule has 2 fully saturated rings. The van der Waals surface area contributed by atoms with Crippen LogP contribution < -0.4 is 10.1 Å². The first kappa shape index (κ1) is 20.5. The molecule has 172 valence electrons. The van der Waals surface area contributed by atoms with Gasteiger partial charge in [-0.25, -0.2) is 4.98 Å². The van der Waals surface area contributed by atoms with Crippen LogP contribution in [0.3, 0.4) is 0 Å². The van der Waals surface area contributed by atoms with Crippen molar-refractivity contribution < 1.29 is 19.0 Å². The van der Waals surface area contributed by atoms with Crippen LogP contribution in [0.25, 0.3) is 5.69 Å². The highest BCUT2D eigenvalue weighted by atomic mass is 16.6. The zero-order chi connectivity index (χ0) is 22.9. The minimum Gasteiger partial charge on any atom is -0.423 e. The lowest BCUT2D eigenvalue weighted by atomic mass is 10.1. The molecule has 2 aliphatic rings. The number of aromatic nitrogens is 6. The number of nitrogens with one attached hydrogen (secondary N) is 1. The average molecular weight is 459 g/mol. The number of imidazole rings is 1. The molecule has 0 radical (unpaired) electrons. The van der Waals surface area contributed by atoms with Gasteiger partial charge in [0.2, 0.25) is 0 Å². The Balaban J connectivity index is 1.14. The molecule has 1 N–H and O–H groups in total. The Hall–Kier alpha value is -4.09. The Morgan fingerprint density at radius 3 is 2.65 bits per heavy atom. The van der Waals surface area contributed by atoms with Crippen LogP contribution in [0.2, 0.25) is 0 Å². The number of nitrogens with zero attached hydrogens (tertiary/aromatic N) is 6. The second-order valence-electron chi connectivity index (χ2n) is 8.08. The summed E-state index contributed by atoms with van der Waals surface area (Å²) in [6.45, 7) is 0.687. The summed E-state index contributed by atoms with van der Waals surface area (Å²) in [5.41, 5.74) is 1.55. The number of carbonyl (C=O) groups is 1. The Labute approximate surface area is 194 Å². The predicted octanol–water partition coefficient (Wildman–Crippen LogP) is 1.79. The molecule has 1 amide bonds. The molecule has 2 aromatic heterocycles. The van der Waals surface area contributed by atoms with E-state index >= 15 is 0 Å². The molecule has 2 aromatic carbocycles. The summed E-state index contributed by atoms with van der Waals surface area (Å²) in [5.74, 6) is 0.434. The van der Waals surface area contributed by atoms with Gasteiger partial charge in [0, 0.05) is 23.6 Å². The largest absolute Gasteiger partial charge is 0.423 e. The van der Waals surface area contributed by atoms with Crippen LogP contribution in [0.15, 0.2) is 73.3 Å². The molecule has 2 saturated heterocycles. The molecule has 4 atom stereocenters. The number of amides is 1. The monoisotopic (exact) mass is 459 g/mol. The molecule has 4 aromatic rings. The van der Waals surface area contributed by atoms with Crippen LogP contribution in [0.4, 0.5) is 0 Å². The van der Waals surface area contributed by atoms with E-state index in [0.717, 1.165) is 5.69 Å². The van der Waals surface area contributed by atoms with Crippen molar-refractivity contribution in [3.8, 4) is 17.4 Å². The van der Waals surface area contributed by atoms with Gasteiger partial charge >= 0.3 is 6.01 Å². The third-order valence-electron chi connectivity index (χ3n) is 6.00. The summed E-state index contributed by atoms with van der Waals surface area (Å²) in [7, 11) is 0. The van der Waals surface area contributed by atoms with E-state index in [1.54, 1.807) is 29.3 Å². The minimum absolute atomic E-state index is 0.160. The second kappa shape index (κ2) is 8.69. The molecule has 0 saturated carbocycles. The minimum atomic E-state index is -0.310. The first-order valence-corrected chi connectivity index (χ1v) is 10.9. The maximum atomic E-state index is 12.6. The Morgan fingerprint density at radius 2 is 1.85 bits per heavy atom. The summed E-state index contributed by atoms with van der Waals surface area (Å²) >= 11 is 0. The van der Waals surface area contributed by atoms with Crippen LogP contribution in [-0.2, 0) is 9.47 Å². The van der Waals surface area contributed by atoms with E-state index < -0.39 is 0 Å². The molecule has 6 rings (SSSR count). The Bertz CT molecular complexity index is 1260. The van der Waals surface area contributed by atoms with Gasteiger partial charge in [-0.15, -0.1) is 0 Å². The molecular formula is C23H21N7O4. The lowest BCUT2D eigenvalue weighted by molar-refractivity contribution is 0.0606. The van der Waals surface area contributed by atoms with Gasteiger partial charge in [-0.1, -0.05) is 23.3 Å². The molecule has 0 aliphatic carbocycles. The van der Waals surface area contributed by atoms with Crippen molar-refractivity contribution in [3.63, 3.8) is 0 Å². The first-order chi connectivity index (χ1) is 16.8. The van der Waals surface area contributed by atoms with Crippen molar-refractivity contribution in [2.75, 3.05) is 13.2 Å².